The normalized spacial score (nSPS) is 11.9. The molecular weight excluding hydrogens is 272 g/mol. The third-order valence-corrected chi connectivity index (χ3v) is 3.77. The molecule has 0 unspecified atom stereocenters. The molecule has 1 atom stereocenters. The highest BCUT2D eigenvalue weighted by Gasteiger charge is 2.10. The van der Waals surface area contributed by atoms with Crippen LogP contribution in [-0.2, 0) is 0 Å². The topological polar surface area (TPSA) is 29.5 Å². The lowest BCUT2D eigenvalue weighted by Gasteiger charge is -2.13. The Morgan fingerprint density at radius 2 is 1.18 bits per heavy atom. The van der Waals surface area contributed by atoms with Crippen LogP contribution in [0.4, 0.5) is 0 Å². The van der Waals surface area contributed by atoms with E-state index in [4.69, 9.17) is 4.74 Å². The highest BCUT2D eigenvalue weighted by molar-refractivity contribution is 5.63. The zero-order valence-corrected chi connectivity index (χ0v) is 12.4. The van der Waals surface area contributed by atoms with Crippen molar-refractivity contribution in [3.8, 4) is 16.9 Å². The SMILES string of the molecule is COc1ccc([C@@H](O)c2ccc(-c3ccccc3)cc2)cc1. The Morgan fingerprint density at radius 3 is 1.73 bits per heavy atom. The van der Waals surface area contributed by atoms with E-state index in [0.717, 1.165) is 22.4 Å². The van der Waals surface area contributed by atoms with Crippen molar-refractivity contribution in [2.45, 2.75) is 6.10 Å². The van der Waals surface area contributed by atoms with Gasteiger partial charge in [0, 0.05) is 0 Å². The van der Waals surface area contributed by atoms with E-state index in [1.54, 1.807) is 7.11 Å². The van der Waals surface area contributed by atoms with Crippen LogP contribution in [-0.4, -0.2) is 12.2 Å². The number of methoxy groups -OCH3 is 1. The standard InChI is InChI=1S/C20H18O2/c1-22-19-13-11-18(12-14-19)20(21)17-9-7-16(8-10-17)15-5-3-2-4-6-15/h2-14,20-21H,1H3/t20-/m0/s1. The number of aliphatic hydroxyl groups is 1. The van der Waals surface area contributed by atoms with E-state index >= 15 is 0 Å². The van der Waals surface area contributed by atoms with Crippen LogP contribution in [0.2, 0.25) is 0 Å². The molecule has 0 aliphatic carbocycles. The fraction of sp³-hybridized carbons (Fsp3) is 0.100. The second-order valence-electron chi connectivity index (χ2n) is 5.16. The minimum Gasteiger partial charge on any atom is -0.497 e. The van der Waals surface area contributed by atoms with Crippen LogP contribution in [0.1, 0.15) is 17.2 Å². The van der Waals surface area contributed by atoms with Crippen LogP contribution >= 0.6 is 0 Å². The largest absolute Gasteiger partial charge is 0.497 e. The highest BCUT2D eigenvalue weighted by Crippen LogP contribution is 2.26. The Morgan fingerprint density at radius 1 is 0.682 bits per heavy atom. The van der Waals surface area contributed by atoms with Crippen molar-refractivity contribution in [1.29, 1.82) is 0 Å². The quantitative estimate of drug-likeness (QED) is 0.769. The van der Waals surface area contributed by atoms with Gasteiger partial charge in [0.25, 0.3) is 0 Å². The molecule has 0 amide bonds. The van der Waals surface area contributed by atoms with E-state index in [-0.39, 0.29) is 0 Å². The van der Waals surface area contributed by atoms with E-state index in [1.165, 1.54) is 5.56 Å². The maximum Gasteiger partial charge on any atom is 0.118 e. The minimum absolute atomic E-state index is 0.629. The van der Waals surface area contributed by atoms with Gasteiger partial charge in [0.1, 0.15) is 11.9 Å². The van der Waals surface area contributed by atoms with Crippen molar-refractivity contribution in [2.75, 3.05) is 7.11 Å². The van der Waals surface area contributed by atoms with Crippen molar-refractivity contribution in [1.82, 2.24) is 0 Å². The molecule has 0 bridgehead atoms. The van der Waals surface area contributed by atoms with Crippen LogP contribution in [0.25, 0.3) is 11.1 Å². The zero-order valence-electron chi connectivity index (χ0n) is 12.4. The Bertz CT molecular complexity index is 716. The monoisotopic (exact) mass is 290 g/mol. The van der Waals surface area contributed by atoms with Gasteiger partial charge in [-0.15, -0.1) is 0 Å². The van der Waals surface area contributed by atoms with E-state index < -0.39 is 6.10 Å². The van der Waals surface area contributed by atoms with E-state index in [9.17, 15) is 5.11 Å². The molecule has 0 aliphatic rings. The Hall–Kier alpha value is -2.58. The zero-order chi connectivity index (χ0) is 15.4. The van der Waals surface area contributed by atoms with Gasteiger partial charge in [0.2, 0.25) is 0 Å². The predicted octanol–water partition coefficient (Wildman–Crippen LogP) is 4.44. The third-order valence-electron chi connectivity index (χ3n) is 3.77. The number of rotatable bonds is 4. The lowest BCUT2D eigenvalue weighted by Crippen LogP contribution is -1.99. The fourth-order valence-electron chi connectivity index (χ4n) is 2.47. The summed E-state index contributed by atoms with van der Waals surface area (Å²) in [4.78, 5) is 0. The molecule has 0 aromatic heterocycles. The molecule has 3 aromatic rings. The maximum atomic E-state index is 10.5. The van der Waals surface area contributed by atoms with Gasteiger partial charge in [-0.3, -0.25) is 0 Å². The van der Waals surface area contributed by atoms with Gasteiger partial charge in [-0.25, -0.2) is 0 Å². The number of hydrogen-bond acceptors (Lipinski definition) is 2. The lowest BCUT2D eigenvalue weighted by molar-refractivity contribution is 0.220. The molecule has 0 heterocycles. The summed E-state index contributed by atoms with van der Waals surface area (Å²) in [5, 5.41) is 10.5. The Kier molecular flexibility index (Phi) is 4.22. The lowest BCUT2D eigenvalue weighted by atomic mass is 9.98. The predicted molar refractivity (Wildman–Crippen MR) is 88.9 cm³/mol. The van der Waals surface area contributed by atoms with Gasteiger partial charge in [0.05, 0.1) is 7.11 Å². The summed E-state index contributed by atoms with van der Waals surface area (Å²) in [6, 6.07) is 25.7. The minimum atomic E-state index is -0.629. The number of ether oxygens (including phenoxy) is 1. The molecule has 0 saturated carbocycles. The molecule has 0 radical (unpaired) electrons. The molecule has 110 valence electrons. The first-order valence-electron chi connectivity index (χ1n) is 7.25. The van der Waals surface area contributed by atoms with Crippen molar-refractivity contribution in [3.63, 3.8) is 0 Å². The van der Waals surface area contributed by atoms with Gasteiger partial charge >= 0.3 is 0 Å². The van der Waals surface area contributed by atoms with Gasteiger partial charge in [0.15, 0.2) is 0 Å². The van der Waals surface area contributed by atoms with Crippen LogP contribution in [0, 0.1) is 0 Å². The van der Waals surface area contributed by atoms with Crippen molar-refractivity contribution < 1.29 is 9.84 Å². The van der Waals surface area contributed by atoms with Crippen LogP contribution < -0.4 is 4.74 Å². The second-order valence-corrected chi connectivity index (χ2v) is 5.16. The number of aliphatic hydroxyl groups excluding tert-OH is 1. The van der Waals surface area contributed by atoms with E-state index in [0.29, 0.717) is 0 Å². The molecule has 3 aromatic carbocycles. The molecule has 2 heteroatoms. The molecule has 3 rings (SSSR count). The maximum absolute atomic E-state index is 10.5. The summed E-state index contributed by atoms with van der Waals surface area (Å²) in [7, 11) is 1.63. The van der Waals surface area contributed by atoms with Crippen LogP contribution in [0.15, 0.2) is 78.9 Å². The van der Waals surface area contributed by atoms with Crippen LogP contribution in [0.3, 0.4) is 0 Å². The number of benzene rings is 3. The van der Waals surface area contributed by atoms with Gasteiger partial charge < -0.3 is 9.84 Å². The van der Waals surface area contributed by atoms with Crippen molar-refractivity contribution >= 4 is 0 Å². The first-order chi connectivity index (χ1) is 10.8. The van der Waals surface area contributed by atoms with Crippen LogP contribution in [0.5, 0.6) is 5.75 Å². The summed E-state index contributed by atoms with van der Waals surface area (Å²) < 4.78 is 5.14. The number of hydrogen-bond donors (Lipinski definition) is 1. The molecule has 22 heavy (non-hydrogen) atoms. The summed E-state index contributed by atoms with van der Waals surface area (Å²) in [6.07, 6.45) is -0.629. The molecule has 0 saturated heterocycles. The first-order valence-corrected chi connectivity index (χ1v) is 7.25. The average molecular weight is 290 g/mol. The second kappa shape index (κ2) is 6.46. The van der Waals surface area contributed by atoms with Crippen molar-refractivity contribution in [3.05, 3.63) is 90.0 Å². The highest BCUT2D eigenvalue weighted by atomic mass is 16.5. The Labute approximate surface area is 130 Å². The molecule has 0 aliphatic heterocycles. The molecule has 1 N–H and O–H groups in total. The summed E-state index contributed by atoms with van der Waals surface area (Å²) >= 11 is 0. The summed E-state index contributed by atoms with van der Waals surface area (Å²) in [5.74, 6) is 0.787. The molecule has 0 spiro atoms. The van der Waals surface area contributed by atoms with Gasteiger partial charge in [-0.05, 0) is 34.4 Å². The average Bonchev–Trinajstić information content (AvgIpc) is 2.62. The van der Waals surface area contributed by atoms with Crippen molar-refractivity contribution in [2.24, 2.45) is 0 Å². The molecule has 2 nitrogen and oxygen atoms in total. The molecular formula is C20H18O2. The smallest absolute Gasteiger partial charge is 0.118 e. The summed E-state index contributed by atoms with van der Waals surface area (Å²) in [5.41, 5.74) is 4.05. The van der Waals surface area contributed by atoms with Gasteiger partial charge in [-0.2, -0.15) is 0 Å². The fourth-order valence-corrected chi connectivity index (χ4v) is 2.47. The first kappa shape index (κ1) is 14.4. The summed E-state index contributed by atoms with van der Waals surface area (Å²) in [6.45, 7) is 0. The van der Waals surface area contributed by atoms with Gasteiger partial charge in [-0.1, -0.05) is 66.7 Å². The third kappa shape index (κ3) is 3.02. The van der Waals surface area contributed by atoms with E-state index in [2.05, 4.69) is 12.1 Å². The molecule has 0 fully saturated rings. The van der Waals surface area contributed by atoms with E-state index in [1.807, 2.05) is 66.7 Å². The Balaban J connectivity index is 1.82.